The number of hydrogen-bond donors (Lipinski definition) is 0. The molecule has 0 radical (unpaired) electrons. The summed E-state index contributed by atoms with van der Waals surface area (Å²) in [6, 6.07) is 62.9. The highest BCUT2D eigenvalue weighted by molar-refractivity contribution is 6.11. The van der Waals surface area contributed by atoms with Crippen molar-refractivity contribution in [3.05, 3.63) is 182 Å². The molecule has 0 saturated heterocycles. The Morgan fingerprint density at radius 1 is 0.424 bits per heavy atom. The molecule has 7 nitrogen and oxygen atoms in total. The average molecular weight is 760 g/mol. The zero-order chi connectivity index (χ0) is 39.0. The summed E-state index contributed by atoms with van der Waals surface area (Å²) in [5, 5.41) is 6.73. The average Bonchev–Trinajstić information content (AvgIpc) is 3.97. The fourth-order valence-electron chi connectivity index (χ4n) is 8.91. The largest absolute Gasteiger partial charge is 0.496 e. The second-order valence-electron chi connectivity index (χ2n) is 14.7. The van der Waals surface area contributed by atoms with Gasteiger partial charge in [-0.1, -0.05) is 133 Å². The van der Waals surface area contributed by atoms with Crippen LogP contribution in [-0.4, -0.2) is 31.2 Å². The van der Waals surface area contributed by atoms with E-state index in [0.717, 1.165) is 88.5 Å². The number of methoxy groups -OCH3 is 1. The number of fused-ring (bicyclic) bond motifs is 9. The molecule has 0 aliphatic carbocycles. The van der Waals surface area contributed by atoms with E-state index in [9.17, 15) is 0 Å². The highest BCUT2D eigenvalue weighted by Gasteiger charge is 2.22. The monoisotopic (exact) mass is 759 g/mol. The predicted octanol–water partition coefficient (Wildman–Crippen LogP) is 13.0. The van der Waals surface area contributed by atoms with Crippen molar-refractivity contribution in [1.82, 2.24) is 24.1 Å². The van der Waals surface area contributed by atoms with Crippen molar-refractivity contribution in [3.8, 4) is 51.3 Å². The van der Waals surface area contributed by atoms with Crippen molar-refractivity contribution >= 4 is 65.6 Å². The lowest BCUT2D eigenvalue weighted by Crippen LogP contribution is -2.06. The van der Waals surface area contributed by atoms with E-state index in [2.05, 4.69) is 155 Å². The molecule has 0 spiro atoms. The van der Waals surface area contributed by atoms with E-state index in [1.54, 1.807) is 7.11 Å². The van der Waals surface area contributed by atoms with Crippen LogP contribution in [0.1, 0.15) is 0 Å². The quantitative estimate of drug-likeness (QED) is 0.169. The van der Waals surface area contributed by atoms with Crippen LogP contribution in [-0.2, 0) is 0 Å². The van der Waals surface area contributed by atoms with Crippen LogP contribution >= 0.6 is 0 Å². The molecule has 278 valence electrons. The van der Waals surface area contributed by atoms with E-state index in [1.165, 1.54) is 10.8 Å². The van der Waals surface area contributed by atoms with Gasteiger partial charge in [-0.05, 0) is 54.1 Å². The molecule has 12 aromatic rings. The SMILES string of the molecule is COc1cccc(-n2c3ccccc3c3ccccc32)c1-c1ccc(-c2nc(-c3cccc4c3oc3ccccc34)nc(-n3c4ccccc4c4ccccc43)n2)cc1. The number of ether oxygens (including phenoxy) is 1. The van der Waals surface area contributed by atoms with Gasteiger partial charge in [-0.25, -0.2) is 4.98 Å². The Labute approximate surface area is 338 Å². The number of hydrogen-bond acceptors (Lipinski definition) is 5. The summed E-state index contributed by atoms with van der Waals surface area (Å²) in [6.45, 7) is 0. The van der Waals surface area contributed by atoms with Crippen molar-refractivity contribution in [2.24, 2.45) is 0 Å². The third-order valence-electron chi connectivity index (χ3n) is 11.5. The summed E-state index contributed by atoms with van der Waals surface area (Å²) in [5.74, 6) is 2.39. The molecule has 0 bridgehead atoms. The lowest BCUT2D eigenvalue weighted by Gasteiger charge is -2.17. The van der Waals surface area contributed by atoms with Gasteiger partial charge >= 0.3 is 0 Å². The van der Waals surface area contributed by atoms with Gasteiger partial charge in [-0.2, -0.15) is 9.97 Å². The van der Waals surface area contributed by atoms with E-state index in [1.807, 2.05) is 36.4 Å². The summed E-state index contributed by atoms with van der Waals surface area (Å²) >= 11 is 0. The molecule has 12 rings (SSSR count). The lowest BCUT2D eigenvalue weighted by atomic mass is 10.00. The number of aromatic nitrogens is 5. The number of nitrogens with zero attached hydrogens (tertiary/aromatic N) is 5. The van der Waals surface area contributed by atoms with Crippen molar-refractivity contribution in [2.75, 3.05) is 7.11 Å². The van der Waals surface area contributed by atoms with E-state index < -0.39 is 0 Å². The zero-order valence-electron chi connectivity index (χ0n) is 31.9. The lowest BCUT2D eigenvalue weighted by molar-refractivity contribution is 0.416. The molecule has 0 saturated carbocycles. The van der Waals surface area contributed by atoms with Gasteiger partial charge < -0.3 is 13.7 Å². The molecular weight excluding hydrogens is 727 g/mol. The summed E-state index contributed by atoms with van der Waals surface area (Å²) in [7, 11) is 1.73. The van der Waals surface area contributed by atoms with Crippen LogP contribution in [0.25, 0.3) is 111 Å². The van der Waals surface area contributed by atoms with Gasteiger partial charge in [0, 0.05) is 43.4 Å². The molecule has 8 aromatic carbocycles. The first-order valence-electron chi connectivity index (χ1n) is 19.7. The number of para-hydroxylation sites is 6. The van der Waals surface area contributed by atoms with Crippen molar-refractivity contribution in [2.45, 2.75) is 0 Å². The third kappa shape index (κ3) is 5.05. The van der Waals surface area contributed by atoms with Gasteiger partial charge in [0.1, 0.15) is 16.9 Å². The maximum absolute atomic E-state index is 6.52. The third-order valence-corrected chi connectivity index (χ3v) is 11.5. The first-order chi connectivity index (χ1) is 29.2. The molecule has 0 N–H and O–H groups in total. The van der Waals surface area contributed by atoms with Gasteiger partial charge in [-0.15, -0.1) is 0 Å². The minimum atomic E-state index is 0.526. The van der Waals surface area contributed by atoms with Gasteiger partial charge in [0.15, 0.2) is 11.6 Å². The number of benzene rings is 8. The van der Waals surface area contributed by atoms with Crippen LogP contribution in [0, 0.1) is 0 Å². The molecule has 0 fully saturated rings. The highest BCUT2D eigenvalue weighted by atomic mass is 16.5. The molecule has 59 heavy (non-hydrogen) atoms. The van der Waals surface area contributed by atoms with Crippen LogP contribution in [0.15, 0.2) is 186 Å². The molecule has 4 aromatic heterocycles. The maximum atomic E-state index is 6.52. The molecule has 0 amide bonds. The summed E-state index contributed by atoms with van der Waals surface area (Å²) in [6.07, 6.45) is 0. The van der Waals surface area contributed by atoms with Gasteiger partial charge in [0.25, 0.3) is 0 Å². The van der Waals surface area contributed by atoms with E-state index in [-0.39, 0.29) is 0 Å². The molecular formula is C52H33N5O2. The van der Waals surface area contributed by atoms with Crippen LogP contribution in [0.5, 0.6) is 5.75 Å². The Hall–Kier alpha value is -8.03. The van der Waals surface area contributed by atoms with E-state index >= 15 is 0 Å². The Kier molecular flexibility index (Phi) is 7.31. The standard InChI is InChI=1S/C52H33N5O2/c1-58-47-27-13-25-45(56-41-21-7-2-14-34(41)35-15-3-8-22-42(35)56)48(47)32-28-30-33(31-29-32)50-53-51(40-20-12-19-39-38-18-6-11-26-46(38)59-49(39)40)55-52(54-50)57-43-23-9-4-16-36(43)37-17-5-10-24-44(37)57/h2-31H,1H3. The van der Waals surface area contributed by atoms with Crippen LogP contribution in [0.3, 0.4) is 0 Å². The normalized spacial score (nSPS) is 11.8. The topological polar surface area (TPSA) is 70.9 Å². The fraction of sp³-hybridized carbons (Fsp3) is 0.0192. The maximum Gasteiger partial charge on any atom is 0.238 e. The molecule has 0 atom stereocenters. The Bertz CT molecular complexity index is 3510. The molecule has 4 heterocycles. The van der Waals surface area contributed by atoms with Gasteiger partial charge in [0.2, 0.25) is 5.95 Å². The Morgan fingerprint density at radius 2 is 0.932 bits per heavy atom. The fourth-order valence-corrected chi connectivity index (χ4v) is 8.91. The minimum Gasteiger partial charge on any atom is -0.496 e. The van der Waals surface area contributed by atoms with E-state index in [4.69, 9.17) is 24.1 Å². The van der Waals surface area contributed by atoms with Crippen LogP contribution in [0.2, 0.25) is 0 Å². The summed E-state index contributed by atoms with van der Waals surface area (Å²) in [5.41, 5.74) is 10.5. The number of furan rings is 1. The number of rotatable bonds is 6. The highest BCUT2D eigenvalue weighted by Crippen LogP contribution is 2.42. The first kappa shape index (κ1) is 33.1. The smallest absolute Gasteiger partial charge is 0.238 e. The van der Waals surface area contributed by atoms with Crippen LogP contribution < -0.4 is 4.74 Å². The predicted molar refractivity (Wildman–Crippen MR) is 239 cm³/mol. The minimum absolute atomic E-state index is 0.526. The van der Waals surface area contributed by atoms with E-state index in [0.29, 0.717) is 17.6 Å². The van der Waals surface area contributed by atoms with Crippen molar-refractivity contribution in [3.63, 3.8) is 0 Å². The molecule has 7 heteroatoms. The molecule has 0 aliphatic rings. The Balaban J connectivity index is 1.07. The Morgan fingerprint density at radius 3 is 1.56 bits per heavy atom. The van der Waals surface area contributed by atoms with Gasteiger partial charge in [-0.3, -0.25) is 4.57 Å². The van der Waals surface area contributed by atoms with Crippen molar-refractivity contribution < 1.29 is 9.15 Å². The van der Waals surface area contributed by atoms with Gasteiger partial charge in [0.05, 0.1) is 40.4 Å². The first-order valence-corrected chi connectivity index (χ1v) is 19.7. The second-order valence-corrected chi connectivity index (χ2v) is 14.7. The molecule has 0 aliphatic heterocycles. The molecule has 0 unspecified atom stereocenters. The second kappa shape index (κ2) is 13.0. The summed E-state index contributed by atoms with van der Waals surface area (Å²) in [4.78, 5) is 15.7. The van der Waals surface area contributed by atoms with Crippen molar-refractivity contribution in [1.29, 1.82) is 0 Å². The summed E-state index contributed by atoms with van der Waals surface area (Å²) < 4.78 is 17.1. The van der Waals surface area contributed by atoms with Crippen LogP contribution in [0.4, 0.5) is 0 Å². The zero-order valence-corrected chi connectivity index (χ0v) is 31.9.